The summed E-state index contributed by atoms with van der Waals surface area (Å²) in [6.07, 6.45) is 6.29. The monoisotopic (exact) mass is 297 g/mol. The van der Waals surface area contributed by atoms with Gasteiger partial charge in [-0.2, -0.15) is 0 Å². The second-order valence-corrected chi connectivity index (χ2v) is 6.53. The molecule has 1 saturated carbocycles. The number of amides is 1. The molecular formula is C16H27NO4. The number of carboxylic acids is 1. The summed E-state index contributed by atoms with van der Waals surface area (Å²) < 4.78 is 5.61. The first kappa shape index (κ1) is 16.3. The third kappa shape index (κ3) is 4.99. The quantitative estimate of drug-likeness (QED) is 0.817. The normalized spacial score (nSPS) is 29.3. The molecule has 1 aliphatic heterocycles. The number of ether oxygens (including phenoxy) is 1. The Morgan fingerprint density at radius 3 is 2.67 bits per heavy atom. The highest BCUT2D eigenvalue weighted by molar-refractivity contribution is 5.79. The molecule has 0 aromatic carbocycles. The minimum absolute atomic E-state index is 0.0146. The maximum atomic E-state index is 12.7. The highest BCUT2D eigenvalue weighted by Crippen LogP contribution is 2.30. The van der Waals surface area contributed by atoms with Crippen LogP contribution in [0.5, 0.6) is 0 Å². The summed E-state index contributed by atoms with van der Waals surface area (Å²) in [7, 11) is 0. The van der Waals surface area contributed by atoms with Crippen molar-refractivity contribution in [3.8, 4) is 0 Å². The third-order valence-electron chi connectivity index (χ3n) is 4.64. The molecule has 0 radical (unpaired) electrons. The lowest BCUT2D eigenvalue weighted by atomic mass is 9.81. The largest absolute Gasteiger partial charge is 0.481 e. The minimum atomic E-state index is -0.850. The van der Waals surface area contributed by atoms with Crippen molar-refractivity contribution in [3.05, 3.63) is 0 Å². The molecule has 5 heteroatoms. The molecule has 2 fully saturated rings. The lowest BCUT2D eigenvalue weighted by Crippen LogP contribution is -2.43. The van der Waals surface area contributed by atoms with Gasteiger partial charge < -0.3 is 14.7 Å². The van der Waals surface area contributed by atoms with Crippen LogP contribution in [-0.4, -0.2) is 47.7 Å². The Morgan fingerprint density at radius 2 is 2.05 bits per heavy atom. The number of aliphatic carboxylic acids is 1. The van der Waals surface area contributed by atoms with Gasteiger partial charge in [-0.15, -0.1) is 0 Å². The molecule has 0 unspecified atom stereocenters. The van der Waals surface area contributed by atoms with E-state index in [4.69, 9.17) is 9.84 Å². The molecule has 0 spiro atoms. The Balaban J connectivity index is 1.94. The molecule has 1 aliphatic carbocycles. The smallest absolute Gasteiger partial charge is 0.305 e. The molecule has 0 aromatic rings. The third-order valence-corrected chi connectivity index (χ3v) is 4.64. The highest BCUT2D eigenvalue weighted by atomic mass is 16.5. The van der Waals surface area contributed by atoms with Crippen LogP contribution in [0.25, 0.3) is 0 Å². The first-order valence-electron chi connectivity index (χ1n) is 8.18. The number of nitrogens with zero attached hydrogens (tertiary/aromatic N) is 1. The van der Waals surface area contributed by atoms with Crippen molar-refractivity contribution < 1.29 is 19.4 Å². The van der Waals surface area contributed by atoms with Gasteiger partial charge in [0, 0.05) is 25.6 Å². The zero-order valence-electron chi connectivity index (χ0n) is 12.9. The van der Waals surface area contributed by atoms with Crippen molar-refractivity contribution in [3.63, 3.8) is 0 Å². The topological polar surface area (TPSA) is 66.8 Å². The Bertz CT molecular complexity index is 365. The summed E-state index contributed by atoms with van der Waals surface area (Å²) in [5.41, 5.74) is 0. The van der Waals surface area contributed by atoms with Crippen molar-refractivity contribution in [1.29, 1.82) is 0 Å². The van der Waals surface area contributed by atoms with Gasteiger partial charge in [-0.05, 0) is 31.6 Å². The molecule has 0 bridgehead atoms. The van der Waals surface area contributed by atoms with E-state index in [1.165, 1.54) is 6.42 Å². The van der Waals surface area contributed by atoms with E-state index < -0.39 is 5.97 Å². The fraction of sp³-hybridized carbons (Fsp3) is 0.875. The van der Waals surface area contributed by atoms with E-state index in [1.807, 2.05) is 0 Å². The summed E-state index contributed by atoms with van der Waals surface area (Å²) in [6.45, 7) is 3.81. The maximum absolute atomic E-state index is 12.7. The van der Waals surface area contributed by atoms with Gasteiger partial charge >= 0.3 is 5.97 Å². The number of hydrogen-bond acceptors (Lipinski definition) is 3. The summed E-state index contributed by atoms with van der Waals surface area (Å²) >= 11 is 0. The van der Waals surface area contributed by atoms with E-state index in [2.05, 4.69) is 6.92 Å². The van der Waals surface area contributed by atoms with Crippen molar-refractivity contribution in [1.82, 2.24) is 4.90 Å². The van der Waals surface area contributed by atoms with Crippen molar-refractivity contribution in [2.45, 2.75) is 58.0 Å². The number of carbonyl (C=O) groups is 2. The molecule has 2 rings (SSSR count). The van der Waals surface area contributed by atoms with Gasteiger partial charge in [0.1, 0.15) is 0 Å². The zero-order valence-corrected chi connectivity index (χ0v) is 12.9. The highest BCUT2D eigenvalue weighted by Gasteiger charge is 2.30. The molecule has 2 aliphatic rings. The van der Waals surface area contributed by atoms with Crippen LogP contribution < -0.4 is 0 Å². The average Bonchev–Trinajstić information content (AvgIpc) is 2.95. The molecule has 1 saturated heterocycles. The fourth-order valence-electron chi connectivity index (χ4n) is 3.47. The first-order valence-corrected chi connectivity index (χ1v) is 8.18. The van der Waals surface area contributed by atoms with Gasteiger partial charge in [0.2, 0.25) is 5.91 Å². The minimum Gasteiger partial charge on any atom is -0.481 e. The van der Waals surface area contributed by atoms with Crippen LogP contribution >= 0.6 is 0 Å². The molecule has 3 atom stereocenters. The molecule has 120 valence electrons. The zero-order chi connectivity index (χ0) is 15.2. The van der Waals surface area contributed by atoms with E-state index >= 15 is 0 Å². The van der Waals surface area contributed by atoms with Gasteiger partial charge in [0.05, 0.1) is 12.5 Å². The van der Waals surface area contributed by atoms with Gasteiger partial charge in [0.25, 0.3) is 0 Å². The summed E-state index contributed by atoms with van der Waals surface area (Å²) in [6, 6.07) is 0. The number of hydrogen-bond donors (Lipinski definition) is 1. The van der Waals surface area contributed by atoms with Gasteiger partial charge in [-0.25, -0.2) is 0 Å². The predicted octanol–water partition coefficient (Wildman–Crippen LogP) is 2.29. The van der Waals surface area contributed by atoms with Crippen LogP contribution in [0, 0.1) is 11.8 Å². The summed E-state index contributed by atoms with van der Waals surface area (Å²) in [5.74, 6) is -0.0452. The molecule has 1 amide bonds. The van der Waals surface area contributed by atoms with Crippen LogP contribution in [0.4, 0.5) is 0 Å². The van der Waals surface area contributed by atoms with Gasteiger partial charge in [-0.1, -0.05) is 19.8 Å². The standard InChI is InChI=1S/C16H27NO4/c1-12-4-2-5-13(10-12)16(20)17(8-7-15(18)19)11-14-6-3-9-21-14/h12-14H,2-11H2,1H3,(H,18,19)/t12-,13+,14+/m1/s1. The van der Waals surface area contributed by atoms with Crippen LogP contribution in [0.1, 0.15) is 51.9 Å². The average molecular weight is 297 g/mol. The van der Waals surface area contributed by atoms with E-state index in [0.29, 0.717) is 19.0 Å². The lowest BCUT2D eigenvalue weighted by Gasteiger charge is -2.32. The molecular weight excluding hydrogens is 270 g/mol. The molecule has 5 nitrogen and oxygen atoms in total. The van der Waals surface area contributed by atoms with Crippen molar-refractivity contribution in [2.24, 2.45) is 11.8 Å². The van der Waals surface area contributed by atoms with E-state index in [1.54, 1.807) is 4.90 Å². The molecule has 1 N–H and O–H groups in total. The van der Waals surface area contributed by atoms with Crippen LogP contribution in [0.3, 0.4) is 0 Å². The van der Waals surface area contributed by atoms with Crippen LogP contribution in [0.15, 0.2) is 0 Å². The second-order valence-electron chi connectivity index (χ2n) is 6.53. The van der Waals surface area contributed by atoms with Crippen molar-refractivity contribution >= 4 is 11.9 Å². The second kappa shape index (κ2) is 7.78. The Labute approximate surface area is 126 Å². The van der Waals surface area contributed by atoms with Gasteiger partial charge in [-0.3, -0.25) is 9.59 Å². The SMILES string of the molecule is C[C@@H]1CCC[C@H](C(=O)N(CCC(=O)O)C[C@@H]2CCCO2)C1. The predicted molar refractivity (Wildman–Crippen MR) is 78.9 cm³/mol. The van der Waals surface area contributed by atoms with Gasteiger partial charge in [0.15, 0.2) is 0 Å². The summed E-state index contributed by atoms with van der Waals surface area (Å²) in [4.78, 5) is 25.3. The van der Waals surface area contributed by atoms with E-state index in [9.17, 15) is 9.59 Å². The number of rotatable bonds is 6. The first-order chi connectivity index (χ1) is 10.1. The molecule has 21 heavy (non-hydrogen) atoms. The number of carboxylic acid groups (broad SMARTS) is 1. The summed E-state index contributed by atoms with van der Waals surface area (Å²) in [5, 5.41) is 8.89. The van der Waals surface area contributed by atoms with Crippen molar-refractivity contribution in [2.75, 3.05) is 19.7 Å². The van der Waals surface area contributed by atoms with E-state index in [-0.39, 0.29) is 24.3 Å². The Morgan fingerprint density at radius 1 is 1.24 bits per heavy atom. The lowest BCUT2D eigenvalue weighted by molar-refractivity contribution is -0.141. The molecule has 1 heterocycles. The Kier molecular flexibility index (Phi) is 6.03. The maximum Gasteiger partial charge on any atom is 0.305 e. The Hall–Kier alpha value is -1.10. The molecule has 0 aromatic heterocycles. The van der Waals surface area contributed by atoms with Crippen LogP contribution in [-0.2, 0) is 14.3 Å². The van der Waals surface area contributed by atoms with Crippen LogP contribution in [0.2, 0.25) is 0 Å². The van der Waals surface area contributed by atoms with E-state index in [0.717, 1.165) is 38.7 Å². The number of carbonyl (C=O) groups excluding carboxylic acids is 1. The fourth-order valence-corrected chi connectivity index (χ4v) is 3.47.